The number of rotatable bonds is 27. The van der Waals surface area contributed by atoms with Crippen LogP contribution in [0.4, 0.5) is 0 Å². The minimum Gasteiger partial charge on any atom is -0.481 e. The van der Waals surface area contributed by atoms with E-state index in [1.807, 2.05) is 0 Å². The van der Waals surface area contributed by atoms with Gasteiger partial charge in [-0.2, -0.15) is 5.48 Å². The van der Waals surface area contributed by atoms with Crippen LogP contribution in [-0.2, 0) is 14.4 Å². The number of hydroxylamine groups is 1. The zero-order valence-electron chi connectivity index (χ0n) is 21.8. The molecule has 0 saturated heterocycles. The van der Waals surface area contributed by atoms with Crippen LogP contribution in [0.2, 0.25) is 0 Å². The van der Waals surface area contributed by atoms with E-state index >= 15 is 0 Å². The molecule has 0 aliphatic heterocycles. The van der Waals surface area contributed by atoms with Gasteiger partial charge in [-0.3, -0.25) is 9.59 Å². The first-order chi connectivity index (χ1) is 16.2. The van der Waals surface area contributed by atoms with Crippen LogP contribution in [0.3, 0.4) is 0 Å². The molecule has 0 aromatic carbocycles. The quantitative estimate of drug-likeness (QED) is 0.0931. The van der Waals surface area contributed by atoms with Gasteiger partial charge in [0, 0.05) is 19.4 Å². The number of carbonyl (C=O) groups excluding carboxylic acids is 1. The number of nitrogens with one attached hydrogen (secondary N) is 1. The van der Waals surface area contributed by atoms with E-state index < -0.39 is 5.97 Å². The predicted molar refractivity (Wildman–Crippen MR) is 138 cm³/mol. The van der Waals surface area contributed by atoms with Crippen LogP contribution in [-0.4, -0.2) is 23.6 Å². The predicted octanol–water partition coefficient (Wildman–Crippen LogP) is 8.50. The summed E-state index contributed by atoms with van der Waals surface area (Å²) >= 11 is 0. The van der Waals surface area contributed by atoms with Crippen molar-refractivity contribution < 1.29 is 19.5 Å². The number of carboxylic acid groups (broad SMARTS) is 1. The van der Waals surface area contributed by atoms with Gasteiger partial charge in [-0.1, -0.05) is 129 Å². The molecular formula is C28H55NO4. The molecule has 0 fully saturated rings. The fourth-order valence-electron chi connectivity index (χ4n) is 4.18. The molecule has 0 aromatic heterocycles. The second kappa shape index (κ2) is 27.1. The minimum absolute atomic E-state index is 0.169. The zero-order chi connectivity index (χ0) is 24.2. The van der Waals surface area contributed by atoms with Gasteiger partial charge < -0.3 is 9.94 Å². The zero-order valence-corrected chi connectivity index (χ0v) is 21.8. The van der Waals surface area contributed by atoms with E-state index in [-0.39, 0.29) is 12.4 Å². The summed E-state index contributed by atoms with van der Waals surface area (Å²) in [6.45, 7) is 3.02. The lowest BCUT2D eigenvalue weighted by Gasteiger charge is -2.06. The molecule has 0 atom stereocenters. The Bertz CT molecular complexity index is 428. The highest BCUT2D eigenvalue weighted by molar-refractivity contribution is 5.68. The molecule has 2 N–H and O–H groups in total. The Hall–Kier alpha value is -1.10. The molecule has 0 heterocycles. The number of hydrogen-bond acceptors (Lipinski definition) is 4. The average molecular weight is 470 g/mol. The van der Waals surface area contributed by atoms with Crippen LogP contribution >= 0.6 is 0 Å². The number of aliphatic carboxylic acids is 1. The van der Waals surface area contributed by atoms with E-state index in [0.717, 1.165) is 51.5 Å². The first-order valence-corrected chi connectivity index (χ1v) is 14.3. The number of hydrogen-bond donors (Lipinski definition) is 2. The fraction of sp³-hybridized carbons (Fsp3) is 0.929. The molecule has 0 aliphatic carbocycles. The molecule has 0 bridgehead atoms. The summed E-state index contributed by atoms with van der Waals surface area (Å²) in [7, 11) is 0. The van der Waals surface area contributed by atoms with E-state index in [1.54, 1.807) is 0 Å². The maximum absolute atomic E-state index is 11.7. The van der Waals surface area contributed by atoms with Gasteiger partial charge in [0.2, 0.25) is 0 Å². The normalized spacial score (nSPS) is 11.1. The first-order valence-electron chi connectivity index (χ1n) is 14.3. The summed E-state index contributed by atoms with van der Waals surface area (Å²) in [5.74, 6) is -0.887. The average Bonchev–Trinajstić information content (AvgIpc) is 2.79. The van der Waals surface area contributed by atoms with E-state index in [1.165, 1.54) is 96.3 Å². The third-order valence-corrected chi connectivity index (χ3v) is 6.34. The van der Waals surface area contributed by atoms with Crippen LogP contribution in [0.1, 0.15) is 161 Å². The molecule has 5 nitrogen and oxygen atoms in total. The highest BCUT2D eigenvalue weighted by atomic mass is 16.7. The van der Waals surface area contributed by atoms with Crippen LogP contribution in [0, 0.1) is 0 Å². The Balaban J connectivity index is 3.14. The summed E-state index contributed by atoms with van der Waals surface area (Å²) < 4.78 is 0. The van der Waals surface area contributed by atoms with Crippen molar-refractivity contribution in [2.24, 2.45) is 0 Å². The van der Waals surface area contributed by atoms with E-state index in [0.29, 0.717) is 6.42 Å². The van der Waals surface area contributed by atoms with E-state index in [4.69, 9.17) is 9.94 Å². The number of carbonyl (C=O) groups is 2. The van der Waals surface area contributed by atoms with Crippen molar-refractivity contribution in [3.8, 4) is 0 Å². The molecule has 0 amide bonds. The molecule has 0 aromatic rings. The Morgan fingerprint density at radius 3 is 1.33 bits per heavy atom. The maximum Gasteiger partial charge on any atom is 0.324 e. The smallest absolute Gasteiger partial charge is 0.324 e. The van der Waals surface area contributed by atoms with Crippen molar-refractivity contribution in [1.29, 1.82) is 0 Å². The van der Waals surface area contributed by atoms with E-state index in [9.17, 15) is 9.59 Å². The Morgan fingerprint density at radius 1 is 0.545 bits per heavy atom. The standard InChI is InChI=1S/C28H55NO4/c1-2-3-4-5-6-7-8-9-10-11-12-13-14-17-20-23-26-29-33-28(32)25-22-19-16-15-18-21-24-27(30)31/h29H,2-26H2,1H3,(H,30,31). The molecule has 0 spiro atoms. The molecule has 196 valence electrons. The van der Waals surface area contributed by atoms with Gasteiger partial charge in [-0.05, 0) is 19.3 Å². The second-order valence-corrected chi connectivity index (χ2v) is 9.69. The summed E-state index contributed by atoms with van der Waals surface area (Å²) in [6.07, 6.45) is 28.1. The molecule has 33 heavy (non-hydrogen) atoms. The van der Waals surface area contributed by atoms with Gasteiger partial charge >= 0.3 is 11.9 Å². The van der Waals surface area contributed by atoms with E-state index in [2.05, 4.69) is 12.4 Å². The van der Waals surface area contributed by atoms with Crippen LogP contribution in [0.15, 0.2) is 0 Å². The lowest BCUT2D eigenvalue weighted by atomic mass is 10.0. The summed E-state index contributed by atoms with van der Waals surface area (Å²) in [5, 5.41) is 8.58. The van der Waals surface area contributed by atoms with Crippen molar-refractivity contribution in [3.63, 3.8) is 0 Å². The van der Waals surface area contributed by atoms with Gasteiger partial charge in [-0.25, -0.2) is 0 Å². The van der Waals surface area contributed by atoms with Crippen LogP contribution < -0.4 is 5.48 Å². The third kappa shape index (κ3) is 28.9. The van der Waals surface area contributed by atoms with Gasteiger partial charge in [0.1, 0.15) is 0 Å². The highest BCUT2D eigenvalue weighted by Gasteiger charge is 2.03. The van der Waals surface area contributed by atoms with Crippen LogP contribution in [0.5, 0.6) is 0 Å². The monoisotopic (exact) mass is 469 g/mol. The number of unbranched alkanes of at least 4 members (excludes halogenated alkanes) is 20. The topological polar surface area (TPSA) is 75.6 Å². The molecular weight excluding hydrogens is 414 g/mol. The lowest BCUT2D eigenvalue weighted by molar-refractivity contribution is -0.151. The molecule has 5 heteroatoms. The van der Waals surface area contributed by atoms with Gasteiger partial charge in [0.15, 0.2) is 0 Å². The molecule has 0 aliphatic rings. The molecule has 0 radical (unpaired) electrons. The summed E-state index contributed by atoms with van der Waals surface area (Å²) in [5.41, 5.74) is 2.81. The molecule has 0 rings (SSSR count). The first kappa shape index (κ1) is 31.9. The Kier molecular flexibility index (Phi) is 26.2. The second-order valence-electron chi connectivity index (χ2n) is 9.69. The van der Waals surface area contributed by atoms with Crippen molar-refractivity contribution in [2.45, 2.75) is 161 Å². The SMILES string of the molecule is CCCCCCCCCCCCCCCCCCNOC(=O)CCCCCCCCC(=O)O. The van der Waals surface area contributed by atoms with Crippen molar-refractivity contribution in [2.75, 3.05) is 6.54 Å². The third-order valence-electron chi connectivity index (χ3n) is 6.34. The molecule has 0 saturated carbocycles. The van der Waals surface area contributed by atoms with Gasteiger partial charge in [0.25, 0.3) is 0 Å². The Labute approximate surface area is 204 Å². The van der Waals surface area contributed by atoms with Crippen molar-refractivity contribution in [1.82, 2.24) is 5.48 Å². The largest absolute Gasteiger partial charge is 0.481 e. The lowest BCUT2D eigenvalue weighted by Crippen LogP contribution is -2.20. The maximum atomic E-state index is 11.7. The molecule has 0 unspecified atom stereocenters. The number of carboxylic acids is 1. The fourth-order valence-corrected chi connectivity index (χ4v) is 4.18. The van der Waals surface area contributed by atoms with Crippen LogP contribution in [0.25, 0.3) is 0 Å². The summed E-state index contributed by atoms with van der Waals surface area (Å²) in [6, 6.07) is 0. The highest BCUT2D eigenvalue weighted by Crippen LogP contribution is 2.13. The minimum atomic E-state index is -0.718. The Morgan fingerprint density at radius 2 is 0.909 bits per heavy atom. The van der Waals surface area contributed by atoms with Crippen molar-refractivity contribution in [3.05, 3.63) is 0 Å². The van der Waals surface area contributed by atoms with Gasteiger partial charge in [-0.15, -0.1) is 0 Å². The van der Waals surface area contributed by atoms with Crippen molar-refractivity contribution >= 4 is 11.9 Å². The van der Waals surface area contributed by atoms with Gasteiger partial charge in [0.05, 0.1) is 0 Å². The summed E-state index contributed by atoms with van der Waals surface area (Å²) in [4.78, 5) is 27.2.